The van der Waals surface area contributed by atoms with Crippen molar-refractivity contribution in [1.82, 2.24) is 0 Å². The molecule has 0 aliphatic heterocycles. The van der Waals surface area contributed by atoms with Crippen molar-refractivity contribution in [2.24, 2.45) is 0 Å². The lowest BCUT2D eigenvalue weighted by Crippen LogP contribution is -2.47. The van der Waals surface area contributed by atoms with Crippen molar-refractivity contribution < 1.29 is 38.1 Å². The molecule has 2 aromatic rings. The number of rotatable bonds is 9. The fourth-order valence-electron chi connectivity index (χ4n) is 4.13. The number of benzene rings is 2. The zero-order valence-corrected chi connectivity index (χ0v) is 19.7. The highest BCUT2D eigenvalue weighted by atomic mass is 16.7. The maximum Gasteiger partial charge on any atom is 0.508 e. The van der Waals surface area contributed by atoms with E-state index in [-0.39, 0.29) is 32.0 Å². The van der Waals surface area contributed by atoms with Crippen molar-refractivity contribution in [3.63, 3.8) is 0 Å². The number of ether oxygens (including phenoxy) is 5. The van der Waals surface area contributed by atoms with Crippen LogP contribution in [0.2, 0.25) is 0 Å². The first-order valence-corrected chi connectivity index (χ1v) is 11.1. The van der Waals surface area contributed by atoms with Gasteiger partial charge in [-0.25, -0.2) is 4.79 Å². The molecule has 0 atom stereocenters. The largest absolute Gasteiger partial charge is 0.508 e. The molecule has 8 nitrogen and oxygen atoms in total. The molecule has 0 heterocycles. The highest BCUT2D eigenvalue weighted by molar-refractivity contribution is 6.16. The summed E-state index contributed by atoms with van der Waals surface area (Å²) in [4.78, 5) is 39.2. The van der Waals surface area contributed by atoms with Gasteiger partial charge in [-0.3, -0.25) is 9.59 Å². The molecule has 8 heteroatoms. The summed E-state index contributed by atoms with van der Waals surface area (Å²) in [6.07, 6.45) is -0.915. The molecule has 1 aliphatic rings. The van der Waals surface area contributed by atoms with E-state index >= 15 is 0 Å². The van der Waals surface area contributed by atoms with Crippen LogP contribution in [0.4, 0.5) is 4.79 Å². The minimum Gasteiger partial charge on any atom is -0.497 e. The minimum atomic E-state index is -1.94. The van der Waals surface area contributed by atoms with Crippen molar-refractivity contribution in [3.8, 4) is 5.75 Å². The van der Waals surface area contributed by atoms with Crippen LogP contribution in [0.25, 0.3) is 5.57 Å². The van der Waals surface area contributed by atoms with E-state index in [1.807, 2.05) is 12.1 Å². The first-order chi connectivity index (χ1) is 16.4. The Hall–Kier alpha value is -3.81. The Labute approximate surface area is 198 Å². The molecular weight excluding hydrogens is 440 g/mol. The molecule has 0 fully saturated rings. The van der Waals surface area contributed by atoms with E-state index in [9.17, 15) is 14.4 Å². The fraction of sp³-hybridized carbons (Fsp3) is 0.346. The van der Waals surface area contributed by atoms with Gasteiger partial charge in [-0.2, -0.15) is 0 Å². The summed E-state index contributed by atoms with van der Waals surface area (Å²) in [5, 5.41) is 0. The van der Waals surface area contributed by atoms with Crippen molar-refractivity contribution >= 4 is 23.7 Å². The molecule has 0 saturated carbocycles. The van der Waals surface area contributed by atoms with Gasteiger partial charge in [0.25, 0.3) is 0 Å². The molecule has 34 heavy (non-hydrogen) atoms. The number of hydrogen-bond acceptors (Lipinski definition) is 8. The molecule has 0 saturated heterocycles. The van der Waals surface area contributed by atoms with E-state index in [1.54, 1.807) is 64.3 Å². The van der Waals surface area contributed by atoms with E-state index in [4.69, 9.17) is 23.7 Å². The van der Waals surface area contributed by atoms with Gasteiger partial charge in [0.15, 0.2) is 0 Å². The summed E-state index contributed by atoms with van der Waals surface area (Å²) in [6, 6.07) is 14.2. The molecule has 0 radical (unpaired) electrons. The van der Waals surface area contributed by atoms with Crippen LogP contribution in [0, 0.1) is 0 Å². The lowest BCUT2D eigenvalue weighted by atomic mass is 9.77. The zero-order chi connectivity index (χ0) is 24.7. The summed E-state index contributed by atoms with van der Waals surface area (Å²) < 4.78 is 26.3. The van der Waals surface area contributed by atoms with Crippen LogP contribution in [0.15, 0.2) is 54.1 Å². The molecule has 0 bridgehead atoms. The fourth-order valence-corrected chi connectivity index (χ4v) is 4.13. The maximum atomic E-state index is 13.6. The monoisotopic (exact) mass is 468 g/mol. The van der Waals surface area contributed by atoms with E-state index in [2.05, 4.69) is 0 Å². The van der Waals surface area contributed by atoms with E-state index < -0.39 is 23.5 Å². The number of carbonyl (C=O) groups is 3. The smallest absolute Gasteiger partial charge is 0.497 e. The summed E-state index contributed by atoms with van der Waals surface area (Å²) in [5.41, 5.74) is 0.611. The Kier molecular flexibility index (Phi) is 7.94. The van der Waals surface area contributed by atoms with Crippen LogP contribution in [0.1, 0.15) is 37.5 Å². The number of carbonyl (C=O) groups excluding carboxylic acids is 3. The topological polar surface area (TPSA) is 97.4 Å². The van der Waals surface area contributed by atoms with Crippen molar-refractivity contribution in [1.29, 1.82) is 0 Å². The number of esters is 2. The van der Waals surface area contributed by atoms with Crippen molar-refractivity contribution in [2.75, 3.05) is 33.5 Å². The van der Waals surface area contributed by atoms with Gasteiger partial charge >= 0.3 is 18.1 Å². The second-order valence-electron chi connectivity index (χ2n) is 7.29. The molecular formula is C26H28O8. The molecule has 0 spiro atoms. The average Bonchev–Trinajstić information content (AvgIpc) is 3.14. The van der Waals surface area contributed by atoms with Crippen molar-refractivity contribution in [2.45, 2.75) is 26.2 Å². The minimum absolute atomic E-state index is 0.0477. The van der Waals surface area contributed by atoms with Crippen LogP contribution in [0.5, 0.6) is 5.75 Å². The molecule has 2 aromatic carbocycles. The van der Waals surface area contributed by atoms with Crippen LogP contribution in [-0.4, -0.2) is 51.6 Å². The lowest BCUT2D eigenvalue weighted by Gasteiger charge is -2.29. The van der Waals surface area contributed by atoms with Gasteiger partial charge in [-0.05, 0) is 55.2 Å². The van der Waals surface area contributed by atoms with Crippen LogP contribution in [0.3, 0.4) is 0 Å². The third kappa shape index (κ3) is 4.35. The average molecular weight is 469 g/mol. The quantitative estimate of drug-likeness (QED) is 0.309. The van der Waals surface area contributed by atoms with Crippen LogP contribution < -0.4 is 4.74 Å². The Balaban J connectivity index is 2.33. The second-order valence-corrected chi connectivity index (χ2v) is 7.29. The molecule has 3 rings (SSSR count). The number of hydrogen-bond donors (Lipinski definition) is 0. The van der Waals surface area contributed by atoms with Gasteiger partial charge in [0, 0.05) is 5.57 Å². The van der Waals surface area contributed by atoms with Gasteiger partial charge in [0.1, 0.15) is 12.4 Å². The molecule has 180 valence electrons. The third-order valence-corrected chi connectivity index (χ3v) is 5.49. The zero-order valence-electron chi connectivity index (χ0n) is 19.7. The Morgan fingerprint density at radius 2 is 1.35 bits per heavy atom. The standard InChI is InChI=1S/C26H28O8/c1-5-31-23(27)26(24(28)32-6-2)20-11-9-8-10-19(20)22(17-12-14-18(30-4)15-13-17)21(26)16-34-25(29)33-7-3/h8-15H,5-7,16H2,1-4H3. The number of methoxy groups -OCH3 is 1. The molecule has 0 unspecified atom stereocenters. The van der Waals surface area contributed by atoms with Gasteiger partial charge in [-0.1, -0.05) is 36.4 Å². The highest BCUT2D eigenvalue weighted by Crippen LogP contribution is 2.50. The molecule has 0 N–H and O–H groups in total. The highest BCUT2D eigenvalue weighted by Gasteiger charge is 2.59. The predicted octanol–water partition coefficient (Wildman–Crippen LogP) is 4.05. The Morgan fingerprint density at radius 3 is 1.91 bits per heavy atom. The van der Waals surface area contributed by atoms with E-state index in [1.165, 1.54) is 0 Å². The van der Waals surface area contributed by atoms with Crippen LogP contribution >= 0.6 is 0 Å². The van der Waals surface area contributed by atoms with Crippen LogP contribution in [-0.2, 0) is 34.0 Å². The van der Waals surface area contributed by atoms with Crippen molar-refractivity contribution in [3.05, 3.63) is 70.8 Å². The van der Waals surface area contributed by atoms with Gasteiger partial charge in [-0.15, -0.1) is 0 Å². The maximum absolute atomic E-state index is 13.6. The van der Waals surface area contributed by atoms with Gasteiger partial charge in [0.2, 0.25) is 5.41 Å². The van der Waals surface area contributed by atoms with E-state index in [0.29, 0.717) is 28.0 Å². The van der Waals surface area contributed by atoms with Gasteiger partial charge in [0.05, 0.1) is 26.9 Å². The molecule has 0 aromatic heterocycles. The number of fused-ring (bicyclic) bond motifs is 1. The Bertz CT molecular complexity index is 1070. The summed E-state index contributed by atoms with van der Waals surface area (Å²) in [5.74, 6) is -0.958. The summed E-state index contributed by atoms with van der Waals surface area (Å²) >= 11 is 0. The molecule has 0 amide bonds. The van der Waals surface area contributed by atoms with E-state index in [0.717, 1.165) is 0 Å². The normalized spacial score (nSPS) is 13.6. The lowest BCUT2D eigenvalue weighted by molar-refractivity contribution is -0.162. The second kappa shape index (κ2) is 10.9. The third-order valence-electron chi connectivity index (χ3n) is 5.49. The predicted molar refractivity (Wildman–Crippen MR) is 123 cm³/mol. The summed E-state index contributed by atoms with van der Waals surface area (Å²) in [6.45, 7) is 4.78. The molecule has 1 aliphatic carbocycles. The first-order valence-electron chi connectivity index (χ1n) is 11.1. The SMILES string of the molecule is CCOC(=O)OCC1=C(c2ccc(OC)cc2)c2ccccc2C1(C(=O)OCC)C(=O)OCC. The Morgan fingerprint density at radius 1 is 0.765 bits per heavy atom. The summed E-state index contributed by atoms with van der Waals surface area (Å²) in [7, 11) is 1.56. The van der Waals surface area contributed by atoms with Gasteiger partial charge < -0.3 is 23.7 Å². The first kappa shape index (κ1) is 24.8.